The molecular formula is C17H19N7O2S. The van der Waals surface area contributed by atoms with Crippen LogP contribution in [-0.4, -0.2) is 41.7 Å². The minimum Gasteiger partial charge on any atom is -0.367 e. The van der Waals surface area contributed by atoms with Gasteiger partial charge in [-0.25, -0.2) is 18.1 Å². The Morgan fingerprint density at radius 3 is 2.48 bits per heavy atom. The maximum Gasteiger partial charge on any atom is 0.242 e. The molecule has 10 heteroatoms. The predicted molar refractivity (Wildman–Crippen MR) is 102 cm³/mol. The Kier molecular flexibility index (Phi) is 5.89. The van der Waals surface area contributed by atoms with Crippen LogP contribution < -0.4 is 15.4 Å². The predicted octanol–water partition coefficient (Wildman–Crippen LogP) is 1.71. The van der Waals surface area contributed by atoms with Crippen molar-refractivity contribution in [2.24, 2.45) is 0 Å². The second kappa shape index (κ2) is 8.52. The zero-order chi connectivity index (χ0) is 19.1. The highest BCUT2D eigenvalue weighted by atomic mass is 32.2. The molecule has 3 aromatic rings. The zero-order valence-corrected chi connectivity index (χ0v) is 15.4. The van der Waals surface area contributed by atoms with E-state index < -0.39 is 10.0 Å². The summed E-state index contributed by atoms with van der Waals surface area (Å²) in [5, 5.41) is 14.2. The molecule has 0 bridgehead atoms. The molecule has 0 radical (unpaired) electrons. The van der Waals surface area contributed by atoms with E-state index in [1.807, 2.05) is 19.1 Å². The normalized spacial score (nSPS) is 11.1. The molecule has 0 aliphatic carbocycles. The van der Waals surface area contributed by atoms with Crippen LogP contribution >= 0.6 is 0 Å². The Hall–Kier alpha value is -3.11. The summed E-state index contributed by atoms with van der Waals surface area (Å²) in [5.41, 5.74) is 1.09. The van der Waals surface area contributed by atoms with E-state index in [-0.39, 0.29) is 11.4 Å². The van der Waals surface area contributed by atoms with Crippen molar-refractivity contribution < 1.29 is 8.42 Å². The van der Waals surface area contributed by atoms with Gasteiger partial charge >= 0.3 is 0 Å². The molecule has 0 aliphatic rings. The van der Waals surface area contributed by atoms with Crippen molar-refractivity contribution in [2.45, 2.75) is 11.8 Å². The van der Waals surface area contributed by atoms with Gasteiger partial charge in [-0.1, -0.05) is 0 Å². The lowest BCUT2D eigenvalue weighted by Gasteiger charge is -2.08. The second-order valence-electron chi connectivity index (χ2n) is 5.66. The van der Waals surface area contributed by atoms with E-state index in [1.165, 1.54) is 18.5 Å². The number of aryl methyl sites for hydroxylation is 1. The van der Waals surface area contributed by atoms with Crippen LogP contribution in [-0.2, 0) is 10.0 Å². The number of sulfonamides is 1. The van der Waals surface area contributed by atoms with Gasteiger partial charge in [0, 0.05) is 31.7 Å². The van der Waals surface area contributed by atoms with E-state index in [4.69, 9.17) is 0 Å². The third-order valence-electron chi connectivity index (χ3n) is 3.50. The molecule has 0 saturated carbocycles. The summed E-state index contributed by atoms with van der Waals surface area (Å²) in [5.74, 6) is 1.80. The minimum absolute atomic E-state index is 0.130. The summed E-state index contributed by atoms with van der Waals surface area (Å²) >= 11 is 0. The number of aromatic nitrogens is 4. The monoisotopic (exact) mass is 385 g/mol. The first-order chi connectivity index (χ1) is 13.0. The van der Waals surface area contributed by atoms with Gasteiger partial charge < -0.3 is 10.6 Å². The third kappa shape index (κ3) is 5.43. The minimum atomic E-state index is -3.57. The molecule has 3 rings (SSSR count). The van der Waals surface area contributed by atoms with Crippen LogP contribution in [0.4, 0.5) is 17.5 Å². The highest BCUT2D eigenvalue weighted by Gasteiger charge is 2.12. The molecule has 3 heterocycles. The molecule has 140 valence electrons. The maximum atomic E-state index is 12.1. The van der Waals surface area contributed by atoms with Crippen molar-refractivity contribution >= 4 is 27.5 Å². The Balaban J connectivity index is 1.48. The highest BCUT2D eigenvalue weighted by Crippen LogP contribution is 2.13. The van der Waals surface area contributed by atoms with Crippen molar-refractivity contribution in [3.8, 4) is 0 Å². The first kappa shape index (κ1) is 18.7. The third-order valence-corrected chi connectivity index (χ3v) is 4.95. The fourth-order valence-electron chi connectivity index (χ4n) is 2.19. The molecule has 0 fully saturated rings. The van der Waals surface area contributed by atoms with Crippen LogP contribution in [0.5, 0.6) is 0 Å². The molecule has 3 N–H and O–H groups in total. The van der Waals surface area contributed by atoms with Crippen LogP contribution in [0.15, 0.2) is 59.9 Å². The van der Waals surface area contributed by atoms with E-state index in [2.05, 4.69) is 35.5 Å². The zero-order valence-electron chi connectivity index (χ0n) is 14.6. The number of hydrogen-bond donors (Lipinski definition) is 3. The van der Waals surface area contributed by atoms with E-state index in [9.17, 15) is 8.42 Å². The SMILES string of the molecule is Cc1ccnc(Nc2ccc(NCCNS(=O)(=O)c3cccnc3)nn2)c1. The van der Waals surface area contributed by atoms with Gasteiger partial charge in [0.05, 0.1) is 0 Å². The second-order valence-corrected chi connectivity index (χ2v) is 7.43. The van der Waals surface area contributed by atoms with Crippen LogP contribution in [0.3, 0.4) is 0 Å². The molecule has 0 aliphatic heterocycles. The Morgan fingerprint density at radius 2 is 1.78 bits per heavy atom. The lowest BCUT2D eigenvalue weighted by atomic mass is 10.3. The topological polar surface area (TPSA) is 122 Å². The highest BCUT2D eigenvalue weighted by molar-refractivity contribution is 7.89. The molecular weight excluding hydrogens is 366 g/mol. The lowest BCUT2D eigenvalue weighted by Crippen LogP contribution is -2.29. The molecule has 27 heavy (non-hydrogen) atoms. The number of nitrogens with zero attached hydrogens (tertiary/aromatic N) is 4. The van der Waals surface area contributed by atoms with E-state index in [0.29, 0.717) is 24.0 Å². The van der Waals surface area contributed by atoms with Gasteiger partial charge in [-0.05, 0) is 48.9 Å². The van der Waals surface area contributed by atoms with Gasteiger partial charge in [-0.2, -0.15) is 0 Å². The molecule has 0 unspecified atom stereocenters. The van der Waals surface area contributed by atoms with Crippen LogP contribution in [0, 0.1) is 6.92 Å². The first-order valence-electron chi connectivity index (χ1n) is 8.20. The largest absolute Gasteiger partial charge is 0.367 e. The van der Waals surface area contributed by atoms with Crippen LogP contribution in [0.2, 0.25) is 0 Å². The molecule has 0 spiro atoms. The summed E-state index contributed by atoms with van der Waals surface area (Å²) in [6.07, 6.45) is 4.54. The van der Waals surface area contributed by atoms with Gasteiger partial charge in [0.25, 0.3) is 0 Å². The van der Waals surface area contributed by atoms with Gasteiger partial charge in [-0.3, -0.25) is 4.98 Å². The van der Waals surface area contributed by atoms with Gasteiger partial charge in [0.15, 0.2) is 5.82 Å². The number of nitrogens with one attached hydrogen (secondary N) is 3. The maximum absolute atomic E-state index is 12.1. The van der Waals surface area contributed by atoms with Crippen molar-refractivity contribution in [2.75, 3.05) is 23.7 Å². The van der Waals surface area contributed by atoms with E-state index in [1.54, 1.807) is 24.4 Å². The van der Waals surface area contributed by atoms with Crippen molar-refractivity contribution in [3.05, 3.63) is 60.6 Å². The van der Waals surface area contributed by atoms with Crippen molar-refractivity contribution in [1.29, 1.82) is 0 Å². The van der Waals surface area contributed by atoms with Crippen molar-refractivity contribution in [3.63, 3.8) is 0 Å². The average molecular weight is 385 g/mol. The molecule has 0 atom stereocenters. The number of rotatable bonds is 8. The van der Waals surface area contributed by atoms with Crippen LogP contribution in [0.25, 0.3) is 0 Å². The summed E-state index contributed by atoms with van der Waals surface area (Å²) in [7, 11) is -3.57. The summed E-state index contributed by atoms with van der Waals surface area (Å²) in [4.78, 5) is 8.14. The fourth-order valence-corrected chi connectivity index (χ4v) is 3.19. The number of hydrogen-bond acceptors (Lipinski definition) is 8. The lowest BCUT2D eigenvalue weighted by molar-refractivity contribution is 0.582. The molecule has 0 amide bonds. The quantitative estimate of drug-likeness (QED) is 0.501. The van der Waals surface area contributed by atoms with E-state index >= 15 is 0 Å². The molecule has 9 nitrogen and oxygen atoms in total. The molecule has 3 aromatic heterocycles. The summed E-state index contributed by atoms with van der Waals surface area (Å²) < 4.78 is 26.6. The van der Waals surface area contributed by atoms with Gasteiger partial charge in [-0.15, -0.1) is 10.2 Å². The van der Waals surface area contributed by atoms with Crippen LogP contribution in [0.1, 0.15) is 5.56 Å². The van der Waals surface area contributed by atoms with Gasteiger partial charge in [0.1, 0.15) is 16.5 Å². The summed E-state index contributed by atoms with van der Waals surface area (Å²) in [6, 6.07) is 10.4. The van der Waals surface area contributed by atoms with Crippen molar-refractivity contribution in [1.82, 2.24) is 24.9 Å². The fraction of sp³-hybridized carbons (Fsp3) is 0.176. The molecule has 0 aromatic carbocycles. The summed E-state index contributed by atoms with van der Waals surface area (Å²) in [6.45, 7) is 2.54. The number of pyridine rings is 2. The standard InChI is InChI=1S/C17H19N7O2S/c1-13-6-8-19-17(11-13)22-16-5-4-15(23-24-16)20-9-10-21-27(25,26)14-3-2-7-18-12-14/h2-8,11-12,21H,9-10H2,1H3,(H,20,23)(H,19,22,24). The molecule has 0 saturated heterocycles. The van der Waals surface area contributed by atoms with Gasteiger partial charge in [0.2, 0.25) is 10.0 Å². The smallest absolute Gasteiger partial charge is 0.242 e. The Bertz CT molecular complexity index is 980. The first-order valence-corrected chi connectivity index (χ1v) is 9.68. The average Bonchev–Trinajstić information content (AvgIpc) is 2.67. The Morgan fingerprint density at radius 1 is 0.963 bits per heavy atom. The number of anilines is 3. The Labute approximate surface area is 157 Å². The van der Waals surface area contributed by atoms with E-state index in [0.717, 1.165) is 5.56 Å².